The molecule has 4 aromatic rings. The van der Waals surface area contributed by atoms with Crippen LogP contribution < -0.4 is 15.3 Å². The number of pyridine rings is 1. The van der Waals surface area contributed by atoms with Gasteiger partial charge in [-0.1, -0.05) is 17.3 Å². The zero-order valence-corrected chi connectivity index (χ0v) is 23.2. The lowest BCUT2D eigenvalue weighted by Gasteiger charge is -2.47. The Hall–Kier alpha value is -4.44. The van der Waals surface area contributed by atoms with Crippen molar-refractivity contribution in [3.8, 4) is 11.8 Å². The monoisotopic (exact) mass is 579 g/mol. The summed E-state index contributed by atoms with van der Waals surface area (Å²) < 4.78 is 49.6. The minimum atomic E-state index is -4.79. The summed E-state index contributed by atoms with van der Waals surface area (Å²) in [4.78, 5) is 25.9. The Morgan fingerprint density at radius 2 is 1.81 bits per heavy atom. The topological polar surface area (TPSA) is 113 Å². The van der Waals surface area contributed by atoms with Crippen LogP contribution in [0.25, 0.3) is 11.0 Å². The molecule has 0 bridgehead atoms. The predicted octanol–water partition coefficient (Wildman–Crippen LogP) is 4.65. The number of rotatable bonds is 6. The Kier molecular flexibility index (Phi) is 6.89. The van der Waals surface area contributed by atoms with Gasteiger partial charge in [-0.3, -0.25) is 9.47 Å². The summed E-state index contributed by atoms with van der Waals surface area (Å²) in [5.41, 5.74) is 2.24. The molecule has 1 aliphatic carbocycles. The number of nitrogens with zero attached hydrogens (tertiary/aromatic N) is 7. The summed E-state index contributed by atoms with van der Waals surface area (Å²) in [6.45, 7) is 5.02. The highest BCUT2D eigenvalue weighted by Gasteiger charge is 2.39. The largest absolute Gasteiger partial charge is 0.573 e. The van der Waals surface area contributed by atoms with Crippen molar-refractivity contribution in [1.29, 1.82) is 5.26 Å². The lowest BCUT2D eigenvalue weighted by molar-refractivity contribution is -0.274. The number of aryl methyl sites for hydroxylation is 1. The lowest BCUT2D eigenvalue weighted by Crippen LogP contribution is -2.58. The third kappa shape index (κ3) is 5.30. The number of hydrogen-bond acceptors (Lipinski definition) is 9. The predicted molar refractivity (Wildman–Crippen MR) is 146 cm³/mol. The van der Waals surface area contributed by atoms with Gasteiger partial charge in [0.15, 0.2) is 5.82 Å². The van der Waals surface area contributed by atoms with E-state index in [4.69, 9.17) is 4.52 Å². The second-order valence-corrected chi connectivity index (χ2v) is 10.9. The van der Waals surface area contributed by atoms with Crippen LogP contribution in [0.15, 0.2) is 51.8 Å². The molecule has 0 radical (unpaired) electrons. The number of piperazine rings is 1. The Labute approximate surface area is 238 Å². The fraction of sp³-hybridized carbons (Fsp3) is 0.414. The molecule has 0 amide bonds. The van der Waals surface area contributed by atoms with Crippen LogP contribution in [-0.4, -0.2) is 56.1 Å². The molecule has 3 aromatic heterocycles. The summed E-state index contributed by atoms with van der Waals surface area (Å²) in [7, 11) is 1.61. The number of benzene rings is 1. The smallest absolute Gasteiger partial charge is 0.406 e. The van der Waals surface area contributed by atoms with E-state index in [-0.39, 0.29) is 23.5 Å². The van der Waals surface area contributed by atoms with Gasteiger partial charge in [-0.05, 0) is 56.5 Å². The molecule has 1 saturated carbocycles. The molecule has 10 nitrogen and oxygen atoms in total. The molecular formula is C29H28F3N7O3. The first kappa shape index (κ1) is 27.7. The standard InChI is InChI=1S/C29H28F3N7O3/c1-16-15-39(27-25-23(37(3)28(40)35-27)11-8-20(13-33)34-25)17(2)14-38(16)26(22-12-24(42-36-22)18-4-5-18)19-6-9-21(10-7-19)41-29(30,31)32/h6-12,16-18,26H,4-5,14-15H2,1-3H3/t16-,17+,26?/m1/s1. The van der Waals surface area contributed by atoms with Crippen molar-refractivity contribution >= 4 is 16.9 Å². The van der Waals surface area contributed by atoms with E-state index >= 15 is 0 Å². The molecule has 2 fully saturated rings. The molecule has 218 valence electrons. The van der Waals surface area contributed by atoms with Crippen LogP contribution in [0, 0.1) is 11.3 Å². The third-order valence-corrected chi connectivity index (χ3v) is 7.92. The highest BCUT2D eigenvalue weighted by atomic mass is 19.4. The van der Waals surface area contributed by atoms with Gasteiger partial charge in [0.1, 0.15) is 34.5 Å². The zero-order valence-electron chi connectivity index (χ0n) is 23.2. The summed E-state index contributed by atoms with van der Waals surface area (Å²) >= 11 is 0. The number of fused-ring (bicyclic) bond motifs is 1. The van der Waals surface area contributed by atoms with E-state index < -0.39 is 18.1 Å². The van der Waals surface area contributed by atoms with Crippen molar-refractivity contribution in [2.75, 3.05) is 18.0 Å². The van der Waals surface area contributed by atoms with Gasteiger partial charge < -0.3 is 14.2 Å². The quantitative estimate of drug-likeness (QED) is 0.322. The van der Waals surface area contributed by atoms with E-state index in [1.807, 2.05) is 24.8 Å². The fourth-order valence-corrected chi connectivity index (χ4v) is 5.66. The van der Waals surface area contributed by atoms with Crippen LogP contribution in [0.5, 0.6) is 5.75 Å². The molecule has 3 atom stereocenters. The van der Waals surface area contributed by atoms with Gasteiger partial charge in [0.2, 0.25) is 0 Å². The zero-order chi connectivity index (χ0) is 29.8. The number of aromatic nitrogens is 4. The molecule has 1 saturated heterocycles. The molecule has 1 aromatic carbocycles. The van der Waals surface area contributed by atoms with Crippen LogP contribution in [0.2, 0.25) is 0 Å². The SMILES string of the molecule is C[C@@H]1CN(c2nc(=O)n(C)c3ccc(C#N)nc23)[C@@H](C)CN1C(c1ccc(OC(F)(F)F)cc1)c1cc(C2CC2)on1. The molecule has 13 heteroatoms. The molecule has 4 heterocycles. The number of alkyl halides is 3. The van der Waals surface area contributed by atoms with Gasteiger partial charge >= 0.3 is 12.1 Å². The van der Waals surface area contributed by atoms with Crippen LogP contribution in [0.4, 0.5) is 19.0 Å². The van der Waals surface area contributed by atoms with Gasteiger partial charge in [-0.25, -0.2) is 9.78 Å². The van der Waals surface area contributed by atoms with Crippen molar-refractivity contribution in [2.24, 2.45) is 7.05 Å². The lowest BCUT2D eigenvalue weighted by atomic mass is 9.96. The molecule has 1 unspecified atom stereocenters. The van der Waals surface area contributed by atoms with Crippen molar-refractivity contribution in [3.63, 3.8) is 0 Å². The van der Waals surface area contributed by atoms with Gasteiger partial charge in [-0.2, -0.15) is 10.2 Å². The van der Waals surface area contributed by atoms with Crippen molar-refractivity contribution in [2.45, 2.75) is 57.1 Å². The normalized spacial score (nSPS) is 20.5. The highest BCUT2D eigenvalue weighted by molar-refractivity contribution is 5.86. The van der Waals surface area contributed by atoms with Crippen molar-refractivity contribution < 1.29 is 22.4 Å². The second-order valence-electron chi connectivity index (χ2n) is 10.9. The Morgan fingerprint density at radius 3 is 2.48 bits per heavy atom. The van der Waals surface area contributed by atoms with Gasteiger partial charge in [0.25, 0.3) is 0 Å². The minimum Gasteiger partial charge on any atom is -0.406 e. The fourth-order valence-electron chi connectivity index (χ4n) is 5.66. The van der Waals surface area contributed by atoms with Gasteiger partial charge in [0, 0.05) is 44.2 Å². The molecule has 0 spiro atoms. The maximum Gasteiger partial charge on any atom is 0.573 e. The number of anilines is 1. The maximum atomic E-state index is 12.8. The van der Waals surface area contributed by atoms with E-state index in [2.05, 4.69) is 30.8 Å². The second kappa shape index (κ2) is 10.4. The summed E-state index contributed by atoms with van der Waals surface area (Å²) in [5.74, 6) is 1.25. The van der Waals surface area contributed by atoms with Gasteiger partial charge in [-0.15, -0.1) is 13.2 Å². The van der Waals surface area contributed by atoms with Crippen LogP contribution in [-0.2, 0) is 7.05 Å². The van der Waals surface area contributed by atoms with Crippen LogP contribution in [0.3, 0.4) is 0 Å². The molecule has 1 aliphatic heterocycles. The van der Waals surface area contributed by atoms with E-state index in [9.17, 15) is 23.2 Å². The molecule has 0 N–H and O–H groups in total. The first-order valence-corrected chi connectivity index (χ1v) is 13.6. The molecular weight excluding hydrogens is 551 g/mol. The average Bonchev–Trinajstić information content (AvgIpc) is 3.69. The van der Waals surface area contributed by atoms with E-state index in [0.29, 0.717) is 41.6 Å². The summed E-state index contributed by atoms with van der Waals surface area (Å²) in [5, 5.41) is 13.8. The van der Waals surface area contributed by atoms with E-state index in [1.54, 1.807) is 31.3 Å². The van der Waals surface area contributed by atoms with E-state index in [1.165, 1.54) is 16.7 Å². The molecule has 2 aliphatic rings. The number of nitriles is 1. The number of hydrogen-bond donors (Lipinski definition) is 0. The number of ether oxygens (including phenoxy) is 1. The van der Waals surface area contributed by atoms with Crippen molar-refractivity contribution in [1.82, 2.24) is 24.6 Å². The Bertz CT molecular complexity index is 1720. The third-order valence-electron chi connectivity index (χ3n) is 7.92. The highest BCUT2D eigenvalue weighted by Crippen LogP contribution is 2.42. The average molecular weight is 580 g/mol. The summed E-state index contributed by atoms with van der Waals surface area (Å²) in [6.07, 6.45) is -2.71. The number of halogens is 3. The van der Waals surface area contributed by atoms with Crippen LogP contribution >= 0.6 is 0 Å². The maximum absolute atomic E-state index is 12.8. The molecule has 6 rings (SSSR count). The van der Waals surface area contributed by atoms with Crippen molar-refractivity contribution in [3.05, 3.63) is 75.7 Å². The van der Waals surface area contributed by atoms with Gasteiger partial charge in [0.05, 0.1) is 11.6 Å². The van der Waals surface area contributed by atoms with Crippen LogP contribution in [0.1, 0.15) is 61.4 Å². The first-order valence-electron chi connectivity index (χ1n) is 13.6. The minimum absolute atomic E-state index is 0.113. The summed E-state index contributed by atoms with van der Waals surface area (Å²) in [6, 6.07) is 12.4. The molecule has 42 heavy (non-hydrogen) atoms. The first-order chi connectivity index (χ1) is 20.0. The van der Waals surface area contributed by atoms with E-state index in [0.717, 1.165) is 24.2 Å². The Morgan fingerprint density at radius 1 is 1.07 bits per heavy atom. The Balaban J connectivity index is 1.36.